The van der Waals surface area contributed by atoms with Crippen molar-refractivity contribution in [1.82, 2.24) is 5.32 Å². The van der Waals surface area contributed by atoms with Crippen molar-refractivity contribution in [2.45, 2.75) is 29.6 Å². The standard InChI is InChI=1S/C9H16IN/c10-9-2-1-8-6-11-4-3-7(8)5-9/h7-9,11H,1-6H2. The van der Waals surface area contributed by atoms with Gasteiger partial charge in [0.2, 0.25) is 0 Å². The van der Waals surface area contributed by atoms with Gasteiger partial charge in [0.05, 0.1) is 0 Å². The van der Waals surface area contributed by atoms with Crippen LogP contribution in [0, 0.1) is 11.8 Å². The van der Waals surface area contributed by atoms with Gasteiger partial charge < -0.3 is 5.32 Å². The van der Waals surface area contributed by atoms with Gasteiger partial charge in [-0.3, -0.25) is 0 Å². The Balaban J connectivity index is 1.93. The lowest BCUT2D eigenvalue weighted by molar-refractivity contribution is 0.193. The first-order chi connectivity index (χ1) is 5.36. The molecule has 1 nitrogen and oxygen atoms in total. The lowest BCUT2D eigenvalue weighted by Gasteiger charge is -2.37. The molecule has 0 aromatic rings. The zero-order valence-corrected chi connectivity index (χ0v) is 9.01. The molecular weight excluding hydrogens is 249 g/mol. The SMILES string of the molecule is IC1CCC2CNCCC2C1. The van der Waals surface area contributed by atoms with Crippen LogP contribution in [0.5, 0.6) is 0 Å². The molecule has 0 spiro atoms. The minimum absolute atomic E-state index is 0.979. The van der Waals surface area contributed by atoms with Crippen molar-refractivity contribution in [2.75, 3.05) is 13.1 Å². The van der Waals surface area contributed by atoms with E-state index in [-0.39, 0.29) is 0 Å². The number of piperidine rings is 1. The Hall–Kier alpha value is 0.690. The number of hydrogen-bond donors (Lipinski definition) is 1. The van der Waals surface area contributed by atoms with E-state index in [4.69, 9.17) is 0 Å². The number of hydrogen-bond acceptors (Lipinski definition) is 1. The molecule has 0 amide bonds. The molecule has 1 saturated heterocycles. The van der Waals surface area contributed by atoms with Crippen LogP contribution in [-0.4, -0.2) is 17.0 Å². The predicted octanol–water partition coefficient (Wildman–Crippen LogP) is 2.20. The zero-order valence-electron chi connectivity index (χ0n) is 6.85. The maximum Gasteiger partial charge on any atom is 0.0112 e. The molecule has 0 bridgehead atoms. The molecule has 3 atom stereocenters. The van der Waals surface area contributed by atoms with Gasteiger partial charge in [-0.25, -0.2) is 0 Å². The highest BCUT2D eigenvalue weighted by Crippen LogP contribution is 2.36. The van der Waals surface area contributed by atoms with Crippen molar-refractivity contribution in [2.24, 2.45) is 11.8 Å². The largest absolute Gasteiger partial charge is 0.316 e. The summed E-state index contributed by atoms with van der Waals surface area (Å²) in [5, 5.41) is 3.50. The summed E-state index contributed by atoms with van der Waals surface area (Å²) in [6.45, 7) is 2.57. The predicted molar refractivity (Wildman–Crippen MR) is 56.1 cm³/mol. The molecule has 2 heteroatoms. The average Bonchev–Trinajstić information content (AvgIpc) is 2.04. The lowest BCUT2D eigenvalue weighted by Crippen LogP contribution is -2.40. The van der Waals surface area contributed by atoms with E-state index in [0.717, 1.165) is 15.8 Å². The quantitative estimate of drug-likeness (QED) is 0.523. The molecule has 3 unspecified atom stereocenters. The van der Waals surface area contributed by atoms with E-state index in [1.807, 2.05) is 0 Å². The monoisotopic (exact) mass is 265 g/mol. The van der Waals surface area contributed by atoms with Crippen LogP contribution in [0.15, 0.2) is 0 Å². The van der Waals surface area contributed by atoms with Crippen molar-refractivity contribution in [3.63, 3.8) is 0 Å². The van der Waals surface area contributed by atoms with Gasteiger partial charge in [0.1, 0.15) is 0 Å². The second kappa shape index (κ2) is 3.60. The van der Waals surface area contributed by atoms with Crippen molar-refractivity contribution < 1.29 is 0 Å². The van der Waals surface area contributed by atoms with E-state index >= 15 is 0 Å². The lowest BCUT2D eigenvalue weighted by atomic mass is 9.76. The second-order valence-electron chi connectivity index (χ2n) is 3.92. The molecule has 1 N–H and O–H groups in total. The molecule has 1 heterocycles. The Morgan fingerprint density at radius 1 is 1.09 bits per heavy atom. The van der Waals surface area contributed by atoms with Crippen LogP contribution in [0.2, 0.25) is 0 Å². The van der Waals surface area contributed by atoms with Crippen molar-refractivity contribution in [3.8, 4) is 0 Å². The Labute approximate surface area is 82.5 Å². The Morgan fingerprint density at radius 3 is 2.91 bits per heavy atom. The summed E-state index contributed by atoms with van der Waals surface area (Å²) in [7, 11) is 0. The maximum absolute atomic E-state index is 3.50. The summed E-state index contributed by atoms with van der Waals surface area (Å²) in [6.07, 6.45) is 5.87. The normalized spacial score (nSPS) is 45.0. The molecule has 0 aromatic heterocycles. The average molecular weight is 265 g/mol. The van der Waals surface area contributed by atoms with Gasteiger partial charge in [-0.2, -0.15) is 0 Å². The molecule has 64 valence electrons. The van der Waals surface area contributed by atoms with Crippen LogP contribution in [0.4, 0.5) is 0 Å². The fourth-order valence-corrected chi connectivity index (χ4v) is 3.48. The van der Waals surface area contributed by atoms with E-state index in [9.17, 15) is 0 Å². The van der Waals surface area contributed by atoms with Crippen LogP contribution in [-0.2, 0) is 0 Å². The van der Waals surface area contributed by atoms with Gasteiger partial charge in [-0.05, 0) is 50.6 Å². The molecule has 0 aromatic carbocycles. The molecule has 1 aliphatic heterocycles. The van der Waals surface area contributed by atoms with E-state index in [0.29, 0.717) is 0 Å². The molecular formula is C9H16IN. The molecule has 0 radical (unpaired) electrons. The number of nitrogens with one attached hydrogen (secondary N) is 1. The minimum Gasteiger partial charge on any atom is -0.316 e. The first-order valence-electron chi connectivity index (χ1n) is 4.71. The fourth-order valence-electron chi connectivity index (χ4n) is 2.47. The maximum atomic E-state index is 3.50. The van der Waals surface area contributed by atoms with E-state index < -0.39 is 0 Å². The number of fused-ring (bicyclic) bond motifs is 1. The van der Waals surface area contributed by atoms with Gasteiger partial charge in [0.15, 0.2) is 0 Å². The number of halogens is 1. The molecule has 1 saturated carbocycles. The highest BCUT2D eigenvalue weighted by atomic mass is 127. The first-order valence-corrected chi connectivity index (χ1v) is 5.95. The van der Waals surface area contributed by atoms with E-state index in [1.165, 1.54) is 38.8 Å². The summed E-state index contributed by atoms with van der Waals surface area (Å²) in [5.41, 5.74) is 0. The van der Waals surface area contributed by atoms with Gasteiger partial charge in [0, 0.05) is 3.92 Å². The highest BCUT2D eigenvalue weighted by molar-refractivity contribution is 14.1. The van der Waals surface area contributed by atoms with E-state index in [2.05, 4.69) is 27.9 Å². The first kappa shape index (κ1) is 8.30. The molecule has 2 aliphatic rings. The smallest absolute Gasteiger partial charge is 0.0112 e. The summed E-state index contributed by atoms with van der Waals surface area (Å²) < 4.78 is 0.979. The Kier molecular flexibility index (Phi) is 2.72. The van der Waals surface area contributed by atoms with Crippen molar-refractivity contribution in [3.05, 3.63) is 0 Å². The van der Waals surface area contributed by atoms with Gasteiger partial charge in [-0.15, -0.1) is 0 Å². The van der Waals surface area contributed by atoms with Crippen LogP contribution < -0.4 is 5.32 Å². The third-order valence-electron chi connectivity index (χ3n) is 3.17. The van der Waals surface area contributed by atoms with Crippen molar-refractivity contribution >= 4 is 22.6 Å². The van der Waals surface area contributed by atoms with Gasteiger partial charge in [0.25, 0.3) is 0 Å². The van der Waals surface area contributed by atoms with Crippen LogP contribution in [0.3, 0.4) is 0 Å². The van der Waals surface area contributed by atoms with Gasteiger partial charge >= 0.3 is 0 Å². The van der Waals surface area contributed by atoms with Crippen LogP contribution in [0.1, 0.15) is 25.7 Å². The summed E-state index contributed by atoms with van der Waals surface area (Å²) in [5.74, 6) is 2.08. The molecule has 2 rings (SSSR count). The number of alkyl halides is 1. The molecule has 1 aliphatic carbocycles. The Bertz CT molecular complexity index is 138. The highest BCUT2D eigenvalue weighted by Gasteiger charge is 2.30. The third kappa shape index (κ3) is 1.89. The Morgan fingerprint density at radius 2 is 2.00 bits per heavy atom. The summed E-state index contributed by atoms with van der Waals surface area (Å²) >= 11 is 2.63. The fraction of sp³-hybridized carbons (Fsp3) is 1.00. The van der Waals surface area contributed by atoms with Crippen LogP contribution in [0.25, 0.3) is 0 Å². The van der Waals surface area contributed by atoms with Gasteiger partial charge in [-0.1, -0.05) is 22.6 Å². The summed E-state index contributed by atoms with van der Waals surface area (Å²) in [6, 6.07) is 0. The minimum atomic E-state index is 0.979. The molecule has 2 fully saturated rings. The topological polar surface area (TPSA) is 12.0 Å². The van der Waals surface area contributed by atoms with Crippen molar-refractivity contribution in [1.29, 1.82) is 0 Å². The number of rotatable bonds is 0. The summed E-state index contributed by atoms with van der Waals surface area (Å²) in [4.78, 5) is 0. The second-order valence-corrected chi connectivity index (χ2v) is 5.68. The van der Waals surface area contributed by atoms with E-state index in [1.54, 1.807) is 0 Å². The third-order valence-corrected chi connectivity index (χ3v) is 4.31. The molecule has 11 heavy (non-hydrogen) atoms. The van der Waals surface area contributed by atoms with Crippen LogP contribution >= 0.6 is 22.6 Å². The zero-order chi connectivity index (χ0) is 7.68.